The maximum Gasteiger partial charge on any atom is 0.243 e. The Morgan fingerprint density at radius 2 is 2.06 bits per heavy atom. The first-order chi connectivity index (χ1) is 7.90. The summed E-state index contributed by atoms with van der Waals surface area (Å²) < 4.78 is 56.3. The summed E-state index contributed by atoms with van der Waals surface area (Å²) in [5, 5.41) is 0. The van der Waals surface area contributed by atoms with Crippen LogP contribution in [0.25, 0.3) is 0 Å². The van der Waals surface area contributed by atoms with Gasteiger partial charge < -0.3 is 10.5 Å². The van der Waals surface area contributed by atoms with Gasteiger partial charge in [-0.25, -0.2) is 21.9 Å². The van der Waals surface area contributed by atoms with Gasteiger partial charge in [0.1, 0.15) is 16.4 Å². The number of benzene rings is 1. The van der Waals surface area contributed by atoms with Gasteiger partial charge in [0, 0.05) is 13.7 Å². The van der Waals surface area contributed by atoms with Gasteiger partial charge >= 0.3 is 0 Å². The van der Waals surface area contributed by atoms with Crippen molar-refractivity contribution in [1.29, 1.82) is 0 Å². The number of ether oxygens (including phenoxy) is 1. The molecule has 0 atom stereocenters. The van der Waals surface area contributed by atoms with Crippen molar-refractivity contribution in [3.63, 3.8) is 0 Å². The normalized spacial score (nSPS) is 11.7. The molecule has 17 heavy (non-hydrogen) atoms. The summed E-state index contributed by atoms with van der Waals surface area (Å²) in [4.78, 5) is -0.687. The van der Waals surface area contributed by atoms with Gasteiger partial charge in [0.25, 0.3) is 0 Å². The fourth-order valence-corrected chi connectivity index (χ4v) is 2.21. The van der Waals surface area contributed by atoms with Crippen molar-refractivity contribution in [3.8, 4) is 0 Å². The molecule has 0 aliphatic carbocycles. The largest absolute Gasteiger partial charge is 0.394 e. The number of hydrogen-bond donors (Lipinski definition) is 2. The van der Waals surface area contributed by atoms with E-state index in [4.69, 9.17) is 5.73 Å². The van der Waals surface area contributed by atoms with E-state index in [1.54, 1.807) is 0 Å². The average Bonchev–Trinajstić information content (AvgIpc) is 2.26. The molecule has 0 aliphatic heterocycles. The fraction of sp³-hybridized carbons (Fsp3) is 0.333. The Balaban J connectivity index is 3.04. The second-order valence-electron chi connectivity index (χ2n) is 3.16. The summed E-state index contributed by atoms with van der Waals surface area (Å²) in [6.45, 7) is 0.118. The number of halogens is 2. The van der Waals surface area contributed by atoms with Crippen LogP contribution in [0.15, 0.2) is 17.0 Å². The van der Waals surface area contributed by atoms with E-state index in [-0.39, 0.29) is 13.2 Å². The number of nitrogens with one attached hydrogen (secondary N) is 1. The lowest BCUT2D eigenvalue weighted by atomic mass is 10.3. The summed E-state index contributed by atoms with van der Waals surface area (Å²) in [6, 6.07) is 1.61. The molecule has 0 fully saturated rings. The third-order valence-corrected chi connectivity index (χ3v) is 3.46. The first-order valence-electron chi connectivity index (χ1n) is 4.62. The van der Waals surface area contributed by atoms with Gasteiger partial charge in [-0.1, -0.05) is 0 Å². The standard InChI is InChI=1S/C9H12F2N2O3S/c1-16-5-4-13-17(14,15)7-3-2-6(10)9(12)8(7)11/h2-3,13H,4-5,12H2,1H3. The van der Waals surface area contributed by atoms with Crippen LogP contribution in [0.3, 0.4) is 0 Å². The van der Waals surface area contributed by atoms with Gasteiger partial charge in [0.05, 0.1) is 6.61 Å². The molecule has 0 saturated carbocycles. The minimum Gasteiger partial charge on any atom is -0.394 e. The first-order valence-corrected chi connectivity index (χ1v) is 6.10. The lowest BCUT2D eigenvalue weighted by molar-refractivity contribution is 0.204. The summed E-state index contributed by atoms with van der Waals surface area (Å²) in [6.07, 6.45) is 0. The Hall–Kier alpha value is -1.25. The molecule has 96 valence electrons. The number of methoxy groups -OCH3 is 1. The van der Waals surface area contributed by atoms with Gasteiger partial charge in [0.2, 0.25) is 10.0 Å². The van der Waals surface area contributed by atoms with E-state index in [1.807, 2.05) is 0 Å². The second kappa shape index (κ2) is 5.39. The van der Waals surface area contributed by atoms with Gasteiger partial charge in [0.15, 0.2) is 5.82 Å². The Kier molecular flexibility index (Phi) is 4.38. The smallest absolute Gasteiger partial charge is 0.243 e. The number of hydrogen-bond acceptors (Lipinski definition) is 4. The summed E-state index contributed by atoms with van der Waals surface area (Å²) in [5.74, 6) is -2.30. The predicted octanol–water partition coefficient (Wildman–Crippen LogP) is 0.472. The molecule has 3 N–H and O–H groups in total. The van der Waals surface area contributed by atoms with Gasteiger partial charge in [-0.15, -0.1) is 0 Å². The van der Waals surface area contributed by atoms with E-state index >= 15 is 0 Å². The average molecular weight is 266 g/mol. The monoisotopic (exact) mass is 266 g/mol. The van der Waals surface area contributed by atoms with E-state index in [0.717, 1.165) is 12.1 Å². The number of sulfonamides is 1. The highest BCUT2D eigenvalue weighted by molar-refractivity contribution is 7.89. The molecule has 0 unspecified atom stereocenters. The Morgan fingerprint density at radius 3 is 2.65 bits per heavy atom. The maximum atomic E-state index is 13.5. The Bertz CT molecular complexity index is 505. The molecule has 1 aromatic rings. The van der Waals surface area contributed by atoms with E-state index in [2.05, 4.69) is 9.46 Å². The molecule has 0 aliphatic rings. The molecule has 5 nitrogen and oxygen atoms in total. The fourth-order valence-electron chi connectivity index (χ4n) is 1.11. The minimum atomic E-state index is -4.05. The molecular weight excluding hydrogens is 254 g/mol. The molecule has 0 saturated heterocycles. The topological polar surface area (TPSA) is 81.4 Å². The second-order valence-corrected chi connectivity index (χ2v) is 4.90. The predicted molar refractivity (Wildman–Crippen MR) is 57.8 cm³/mol. The van der Waals surface area contributed by atoms with Gasteiger partial charge in [-0.3, -0.25) is 0 Å². The van der Waals surface area contributed by atoms with E-state index in [0.29, 0.717) is 0 Å². The highest BCUT2D eigenvalue weighted by Gasteiger charge is 2.21. The summed E-state index contributed by atoms with van der Waals surface area (Å²) >= 11 is 0. The number of anilines is 1. The van der Waals surface area contributed by atoms with Crippen LogP contribution < -0.4 is 10.5 Å². The van der Waals surface area contributed by atoms with Crippen LogP contribution in [0.2, 0.25) is 0 Å². The molecule has 1 aromatic carbocycles. The molecule has 0 heterocycles. The molecule has 0 aromatic heterocycles. The molecular formula is C9H12F2N2O3S. The highest BCUT2D eigenvalue weighted by atomic mass is 32.2. The van der Waals surface area contributed by atoms with Crippen LogP contribution >= 0.6 is 0 Å². The lowest BCUT2D eigenvalue weighted by Gasteiger charge is -2.08. The zero-order chi connectivity index (χ0) is 13.1. The highest BCUT2D eigenvalue weighted by Crippen LogP contribution is 2.22. The number of rotatable bonds is 5. The molecule has 0 spiro atoms. The van der Waals surface area contributed by atoms with Crippen LogP contribution in [-0.4, -0.2) is 28.7 Å². The van der Waals surface area contributed by atoms with Crippen LogP contribution in [0.4, 0.5) is 14.5 Å². The molecule has 1 rings (SSSR count). The quantitative estimate of drug-likeness (QED) is 0.599. The van der Waals surface area contributed by atoms with Crippen molar-refractivity contribution < 1.29 is 21.9 Å². The van der Waals surface area contributed by atoms with Crippen molar-refractivity contribution in [3.05, 3.63) is 23.8 Å². The van der Waals surface area contributed by atoms with Crippen molar-refractivity contribution in [2.45, 2.75) is 4.90 Å². The van der Waals surface area contributed by atoms with E-state index < -0.39 is 32.2 Å². The summed E-state index contributed by atoms with van der Waals surface area (Å²) in [7, 11) is -2.66. The maximum absolute atomic E-state index is 13.5. The Labute approximate surface area is 97.6 Å². The summed E-state index contributed by atoms with van der Waals surface area (Å²) in [5.41, 5.74) is 4.25. The van der Waals surface area contributed by atoms with Crippen molar-refractivity contribution in [1.82, 2.24) is 4.72 Å². The Morgan fingerprint density at radius 1 is 1.41 bits per heavy atom. The van der Waals surface area contributed by atoms with E-state index in [1.165, 1.54) is 7.11 Å². The van der Waals surface area contributed by atoms with Gasteiger partial charge in [-0.05, 0) is 12.1 Å². The SMILES string of the molecule is COCCNS(=O)(=O)c1ccc(F)c(N)c1F. The van der Waals surface area contributed by atoms with Crippen molar-refractivity contribution in [2.24, 2.45) is 0 Å². The molecule has 0 radical (unpaired) electrons. The van der Waals surface area contributed by atoms with Crippen molar-refractivity contribution >= 4 is 15.7 Å². The molecule has 0 bridgehead atoms. The third-order valence-electron chi connectivity index (χ3n) is 1.98. The van der Waals surface area contributed by atoms with Crippen LogP contribution in [0.5, 0.6) is 0 Å². The van der Waals surface area contributed by atoms with Crippen molar-refractivity contribution in [2.75, 3.05) is 26.0 Å². The van der Waals surface area contributed by atoms with Crippen LogP contribution in [-0.2, 0) is 14.8 Å². The first kappa shape index (κ1) is 13.8. The lowest BCUT2D eigenvalue weighted by Crippen LogP contribution is -2.28. The third kappa shape index (κ3) is 3.11. The zero-order valence-corrected chi connectivity index (χ0v) is 9.85. The number of nitrogens with two attached hydrogens (primary N) is 1. The minimum absolute atomic E-state index is 0.0183. The number of nitrogen functional groups attached to an aromatic ring is 1. The zero-order valence-electron chi connectivity index (χ0n) is 9.04. The molecule has 0 amide bonds. The van der Waals surface area contributed by atoms with E-state index in [9.17, 15) is 17.2 Å². The van der Waals surface area contributed by atoms with Crippen LogP contribution in [0, 0.1) is 11.6 Å². The molecule has 8 heteroatoms. The van der Waals surface area contributed by atoms with Gasteiger partial charge in [-0.2, -0.15) is 0 Å². The van der Waals surface area contributed by atoms with Crippen LogP contribution in [0.1, 0.15) is 0 Å².